The molecule has 30 heavy (non-hydrogen) atoms. The summed E-state index contributed by atoms with van der Waals surface area (Å²) in [6.45, 7) is 8.95. The van der Waals surface area contributed by atoms with Gasteiger partial charge in [-0.25, -0.2) is 4.79 Å². The fourth-order valence-electron chi connectivity index (χ4n) is 4.48. The largest absolute Gasteiger partial charge is 0.495 e. The Bertz CT molecular complexity index is 758. The van der Waals surface area contributed by atoms with E-state index in [-0.39, 0.29) is 6.09 Å². The Hall–Kier alpha value is -2.33. The fourth-order valence-corrected chi connectivity index (χ4v) is 4.48. The molecule has 164 valence electrons. The van der Waals surface area contributed by atoms with Crippen LogP contribution in [-0.2, 0) is 10.2 Å². The van der Waals surface area contributed by atoms with Crippen LogP contribution in [0, 0.1) is 11.3 Å². The number of carbonyl (C=O) groups excluding carboxylic acids is 1. The molecule has 1 aliphatic carbocycles. The first-order valence-corrected chi connectivity index (χ1v) is 10.9. The quantitative estimate of drug-likeness (QED) is 0.750. The number of nitriles is 1. The summed E-state index contributed by atoms with van der Waals surface area (Å²) in [6.07, 6.45) is 5.96. The second-order valence-corrected chi connectivity index (χ2v) is 9.37. The van der Waals surface area contributed by atoms with Crippen molar-refractivity contribution in [1.82, 2.24) is 14.8 Å². The first-order chi connectivity index (χ1) is 14.3. The van der Waals surface area contributed by atoms with Crippen molar-refractivity contribution in [1.29, 1.82) is 5.26 Å². The topological polar surface area (TPSA) is 78.7 Å². The predicted octanol–water partition coefficient (Wildman–Crippen LogP) is 3.74. The van der Waals surface area contributed by atoms with Crippen LogP contribution in [0.2, 0.25) is 0 Å². The summed E-state index contributed by atoms with van der Waals surface area (Å²) < 4.78 is 10.7. The minimum atomic E-state index is -0.517. The number of rotatable bonds is 3. The smallest absolute Gasteiger partial charge is 0.410 e. The first kappa shape index (κ1) is 22.4. The van der Waals surface area contributed by atoms with Crippen LogP contribution in [0.25, 0.3) is 0 Å². The van der Waals surface area contributed by atoms with Gasteiger partial charge in [-0.3, -0.25) is 9.88 Å². The molecule has 1 aliphatic heterocycles. The number of hydrogen-bond donors (Lipinski definition) is 0. The number of carbonyl (C=O) groups is 1. The van der Waals surface area contributed by atoms with Crippen LogP contribution in [0.1, 0.15) is 58.6 Å². The normalized spacial score (nSPS) is 25.8. The molecule has 2 aliphatic rings. The summed E-state index contributed by atoms with van der Waals surface area (Å²) in [4.78, 5) is 21.2. The van der Waals surface area contributed by atoms with Gasteiger partial charge in [0.1, 0.15) is 11.4 Å². The maximum atomic E-state index is 12.4. The van der Waals surface area contributed by atoms with E-state index in [9.17, 15) is 10.1 Å². The summed E-state index contributed by atoms with van der Waals surface area (Å²) in [5, 5.41) is 9.96. The minimum Gasteiger partial charge on any atom is -0.495 e. The van der Waals surface area contributed by atoms with Crippen molar-refractivity contribution < 1.29 is 14.3 Å². The summed E-state index contributed by atoms with van der Waals surface area (Å²) in [6, 6.07) is 6.81. The highest BCUT2D eigenvalue weighted by atomic mass is 16.6. The molecule has 2 heterocycles. The zero-order chi connectivity index (χ0) is 21.8. The maximum Gasteiger partial charge on any atom is 0.410 e. The molecule has 1 aromatic heterocycles. The summed E-state index contributed by atoms with van der Waals surface area (Å²) >= 11 is 0. The molecular weight excluding hydrogens is 380 g/mol. The number of hydrogen-bond acceptors (Lipinski definition) is 6. The van der Waals surface area contributed by atoms with Gasteiger partial charge in [0.15, 0.2) is 0 Å². The van der Waals surface area contributed by atoms with Crippen molar-refractivity contribution in [2.45, 2.75) is 69.9 Å². The van der Waals surface area contributed by atoms with Crippen molar-refractivity contribution in [3.8, 4) is 11.8 Å². The van der Waals surface area contributed by atoms with E-state index in [1.807, 2.05) is 37.8 Å². The van der Waals surface area contributed by atoms with Gasteiger partial charge in [0.05, 0.1) is 30.5 Å². The van der Waals surface area contributed by atoms with Crippen molar-refractivity contribution >= 4 is 6.09 Å². The summed E-state index contributed by atoms with van der Waals surface area (Å²) in [7, 11) is 1.62. The van der Waals surface area contributed by atoms with E-state index in [2.05, 4.69) is 16.0 Å². The lowest BCUT2D eigenvalue weighted by atomic mass is 9.71. The molecule has 1 aromatic rings. The molecular formula is C23H34N4O3. The van der Waals surface area contributed by atoms with Gasteiger partial charge in [-0.1, -0.05) is 0 Å². The van der Waals surface area contributed by atoms with Crippen molar-refractivity contribution in [2.75, 3.05) is 33.3 Å². The third-order valence-corrected chi connectivity index (χ3v) is 6.18. The number of methoxy groups -OCH3 is 1. The van der Waals surface area contributed by atoms with E-state index < -0.39 is 11.0 Å². The van der Waals surface area contributed by atoms with E-state index in [1.165, 1.54) is 0 Å². The van der Waals surface area contributed by atoms with Gasteiger partial charge in [0, 0.05) is 32.2 Å². The Morgan fingerprint density at radius 1 is 1.20 bits per heavy atom. The molecule has 2 fully saturated rings. The third kappa shape index (κ3) is 5.23. The molecule has 0 unspecified atom stereocenters. The fraction of sp³-hybridized carbons (Fsp3) is 0.696. The van der Waals surface area contributed by atoms with Gasteiger partial charge < -0.3 is 14.4 Å². The zero-order valence-electron chi connectivity index (χ0n) is 18.7. The van der Waals surface area contributed by atoms with E-state index >= 15 is 0 Å². The Kier molecular flexibility index (Phi) is 6.87. The van der Waals surface area contributed by atoms with Crippen LogP contribution < -0.4 is 4.74 Å². The Balaban J connectivity index is 1.58. The summed E-state index contributed by atoms with van der Waals surface area (Å²) in [5.41, 5.74) is -0.143. The molecule has 7 heteroatoms. The zero-order valence-corrected chi connectivity index (χ0v) is 18.7. The first-order valence-electron chi connectivity index (χ1n) is 10.9. The molecule has 0 bridgehead atoms. The molecule has 0 N–H and O–H groups in total. The highest BCUT2D eigenvalue weighted by Gasteiger charge is 2.40. The van der Waals surface area contributed by atoms with Crippen molar-refractivity contribution in [3.05, 3.63) is 24.0 Å². The number of aromatic nitrogens is 1. The number of ether oxygens (including phenoxy) is 2. The molecule has 3 rings (SSSR count). The lowest BCUT2D eigenvalue weighted by molar-refractivity contribution is 0.0253. The highest BCUT2D eigenvalue weighted by Crippen LogP contribution is 2.40. The number of nitrogens with zero attached hydrogens (tertiary/aromatic N) is 4. The molecule has 0 radical (unpaired) electrons. The standard InChI is InChI=1S/C23H34N4O3/c1-22(2,3)30-21(28)27-13-5-12-26(14-15-27)18-8-10-23(17-24,11-9-18)20-7-6-19(29-4)16-25-20/h6-7,16,18H,5,8-15H2,1-4H3. The van der Waals surface area contributed by atoms with Gasteiger partial charge in [-0.05, 0) is 65.0 Å². The van der Waals surface area contributed by atoms with Gasteiger partial charge in [0.25, 0.3) is 0 Å². The Morgan fingerprint density at radius 3 is 2.50 bits per heavy atom. The SMILES string of the molecule is COc1ccc(C2(C#N)CCC(N3CCCN(C(=O)OC(C)(C)C)CC3)CC2)nc1. The highest BCUT2D eigenvalue weighted by molar-refractivity contribution is 5.68. The van der Waals surface area contributed by atoms with Crippen molar-refractivity contribution in [3.63, 3.8) is 0 Å². The molecule has 1 amide bonds. The minimum absolute atomic E-state index is 0.220. The van der Waals surface area contributed by atoms with Crippen LogP contribution >= 0.6 is 0 Å². The second kappa shape index (κ2) is 9.22. The Labute approximate surface area is 180 Å². The summed E-state index contributed by atoms with van der Waals surface area (Å²) in [5.74, 6) is 0.708. The van der Waals surface area contributed by atoms with Gasteiger partial charge in [-0.2, -0.15) is 5.26 Å². The van der Waals surface area contributed by atoms with Crippen LogP contribution in [0.5, 0.6) is 5.75 Å². The van der Waals surface area contributed by atoms with Crippen LogP contribution in [0.4, 0.5) is 4.79 Å². The lowest BCUT2D eigenvalue weighted by Crippen LogP contribution is -2.44. The molecule has 0 aromatic carbocycles. The van der Waals surface area contributed by atoms with Crippen molar-refractivity contribution in [2.24, 2.45) is 0 Å². The van der Waals surface area contributed by atoms with Gasteiger partial charge in [-0.15, -0.1) is 0 Å². The maximum absolute atomic E-state index is 12.4. The Morgan fingerprint density at radius 2 is 1.93 bits per heavy atom. The molecule has 0 spiro atoms. The molecule has 1 saturated carbocycles. The predicted molar refractivity (Wildman–Crippen MR) is 114 cm³/mol. The van der Waals surface area contributed by atoms with E-state index in [0.717, 1.165) is 57.4 Å². The van der Waals surface area contributed by atoms with E-state index in [4.69, 9.17) is 9.47 Å². The monoisotopic (exact) mass is 414 g/mol. The number of amides is 1. The van der Waals surface area contributed by atoms with Crippen LogP contribution in [0.15, 0.2) is 18.3 Å². The second-order valence-electron chi connectivity index (χ2n) is 9.37. The van der Waals surface area contributed by atoms with Crippen LogP contribution in [0.3, 0.4) is 0 Å². The van der Waals surface area contributed by atoms with Gasteiger partial charge >= 0.3 is 6.09 Å². The molecule has 1 saturated heterocycles. The average Bonchev–Trinajstić information content (AvgIpc) is 2.99. The molecule has 0 atom stereocenters. The van der Waals surface area contributed by atoms with E-state index in [0.29, 0.717) is 18.3 Å². The van der Waals surface area contributed by atoms with E-state index in [1.54, 1.807) is 13.3 Å². The average molecular weight is 415 g/mol. The van der Waals surface area contributed by atoms with Crippen LogP contribution in [-0.4, -0.2) is 65.8 Å². The third-order valence-electron chi connectivity index (χ3n) is 6.18. The lowest BCUT2D eigenvalue weighted by Gasteiger charge is -2.39. The number of pyridine rings is 1. The molecule has 7 nitrogen and oxygen atoms in total. The van der Waals surface area contributed by atoms with Gasteiger partial charge in [0.2, 0.25) is 0 Å².